The Hall–Kier alpha value is -8.60. The first-order chi connectivity index (χ1) is 32.2. The van der Waals surface area contributed by atoms with Crippen molar-refractivity contribution in [1.82, 2.24) is 4.57 Å². The number of hydrogen-bond acceptors (Lipinski definition) is 3. The second-order valence-electron chi connectivity index (χ2n) is 17.2. The van der Waals surface area contributed by atoms with Crippen LogP contribution < -0.4 is 14.4 Å². The van der Waals surface area contributed by atoms with Crippen LogP contribution in [0.15, 0.2) is 231 Å². The van der Waals surface area contributed by atoms with Crippen molar-refractivity contribution in [2.45, 2.75) is 5.41 Å². The van der Waals surface area contributed by atoms with Crippen LogP contribution in [0.25, 0.3) is 60.9 Å². The molecule has 4 nitrogen and oxygen atoms in total. The highest BCUT2D eigenvalue weighted by molar-refractivity contribution is 6.09. The van der Waals surface area contributed by atoms with Crippen LogP contribution in [0.5, 0.6) is 23.0 Å². The summed E-state index contributed by atoms with van der Waals surface area (Å²) in [5, 5.41) is 2.52. The molecule has 0 saturated carbocycles. The van der Waals surface area contributed by atoms with E-state index >= 15 is 0 Å². The Balaban J connectivity index is 0.845. The topological polar surface area (TPSA) is 26.6 Å². The maximum atomic E-state index is 6.98. The summed E-state index contributed by atoms with van der Waals surface area (Å²) in [7, 11) is 0. The predicted octanol–water partition coefficient (Wildman–Crippen LogP) is 16.2. The lowest BCUT2D eigenvalue weighted by Gasteiger charge is -2.31. The number of benzene rings is 10. The molecule has 10 aromatic carbocycles. The maximum Gasteiger partial charge on any atom is 0.172 e. The van der Waals surface area contributed by atoms with E-state index in [0.29, 0.717) is 23.0 Å². The van der Waals surface area contributed by atoms with E-state index < -0.39 is 5.41 Å². The second kappa shape index (κ2) is 13.7. The molecule has 2 aliphatic carbocycles. The molecule has 2 heterocycles. The minimum absolute atomic E-state index is 0.472. The molecule has 1 spiro atoms. The number of rotatable bonds is 5. The Morgan fingerprint density at radius 1 is 0.323 bits per heavy atom. The van der Waals surface area contributed by atoms with E-state index in [1.54, 1.807) is 0 Å². The number of aromatic nitrogens is 1. The molecule has 4 heteroatoms. The van der Waals surface area contributed by atoms with Gasteiger partial charge in [-0.25, -0.2) is 0 Å². The molecular formula is C61H38N2O2. The normalized spacial score (nSPS) is 13.3. The average Bonchev–Trinajstić information content (AvgIpc) is 3.97. The SMILES string of the molecule is c1ccc(N(c2cccc(-c3ccc(-n4c5ccccc5c5ccccc54)cc3)c2)c2ccc3c(c2)Oc2cc4c(cc2O3)-c2ccccc2C42c3ccccc3-c3ccccc32)cc1. The first-order valence-corrected chi connectivity index (χ1v) is 22.2. The molecule has 0 radical (unpaired) electrons. The smallest absolute Gasteiger partial charge is 0.172 e. The quantitative estimate of drug-likeness (QED) is 0.173. The standard InChI is InChI=1S/C61H38N2O2/c1-2-16-41(17-3-1)62(43-18-14-15-40(35-43)39-29-31-42(32-30-39)63-55-27-12-7-22-48(55)49-23-8-13-28-56(49)63)44-33-34-57-58(36-44)65-60-38-54-50(37-59(60)64-57)47-21-6-11-26-53(47)61(54)51-24-9-4-19-45(51)46-20-5-10-25-52(46)61/h1-38H. The third-order valence-corrected chi connectivity index (χ3v) is 13.8. The Morgan fingerprint density at radius 2 is 0.846 bits per heavy atom. The third-order valence-electron chi connectivity index (χ3n) is 13.8. The Morgan fingerprint density at radius 3 is 1.52 bits per heavy atom. The Kier molecular flexibility index (Phi) is 7.57. The zero-order valence-corrected chi connectivity index (χ0v) is 35.2. The van der Waals surface area contributed by atoms with Gasteiger partial charge in [0.15, 0.2) is 23.0 Å². The van der Waals surface area contributed by atoms with Crippen molar-refractivity contribution in [3.05, 3.63) is 253 Å². The van der Waals surface area contributed by atoms with Crippen LogP contribution in [0.2, 0.25) is 0 Å². The van der Waals surface area contributed by atoms with Gasteiger partial charge in [-0.05, 0) is 128 Å². The van der Waals surface area contributed by atoms with Crippen molar-refractivity contribution in [3.8, 4) is 62.1 Å². The van der Waals surface area contributed by atoms with Crippen LogP contribution in [-0.2, 0) is 5.41 Å². The van der Waals surface area contributed by atoms with Crippen LogP contribution in [0.1, 0.15) is 22.3 Å². The summed E-state index contributed by atoms with van der Waals surface area (Å²) >= 11 is 0. The number of para-hydroxylation sites is 3. The monoisotopic (exact) mass is 830 g/mol. The van der Waals surface area contributed by atoms with Crippen LogP contribution in [0.4, 0.5) is 17.1 Å². The fourth-order valence-electron chi connectivity index (χ4n) is 11.1. The van der Waals surface area contributed by atoms with Gasteiger partial charge in [0.1, 0.15) is 0 Å². The van der Waals surface area contributed by atoms with Gasteiger partial charge in [0.2, 0.25) is 0 Å². The minimum atomic E-state index is -0.472. The van der Waals surface area contributed by atoms with Crippen molar-refractivity contribution >= 4 is 38.9 Å². The Bertz CT molecular complexity index is 3640. The molecule has 0 fully saturated rings. The Labute approximate surface area is 376 Å². The van der Waals surface area contributed by atoms with Gasteiger partial charge in [0, 0.05) is 33.9 Å². The molecular weight excluding hydrogens is 793 g/mol. The van der Waals surface area contributed by atoms with E-state index in [9.17, 15) is 0 Å². The number of anilines is 3. The van der Waals surface area contributed by atoms with Gasteiger partial charge < -0.3 is 18.9 Å². The van der Waals surface area contributed by atoms with Gasteiger partial charge in [0.25, 0.3) is 0 Å². The fraction of sp³-hybridized carbons (Fsp3) is 0.0164. The van der Waals surface area contributed by atoms with Gasteiger partial charge >= 0.3 is 0 Å². The highest BCUT2D eigenvalue weighted by Crippen LogP contribution is 2.64. The van der Waals surface area contributed by atoms with E-state index in [1.165, 1.54) is 66.3 Å². The van der Waals surface area contributed by atoms with Crippen molar-refractivity contribution < 1.29 is 9.47 Å². The van der Waals surface area contributed by atoms with Gasteiger partial charge in [-0.15, -0.1) is 0 Å². The third kappa shape index (κ3) is 5.13. The summed E-state index contributed by atoms with van der Waals surface area (Å²) in [6, 6.07) is 82.8. The van der Waals surface area contributed by atoms with E-state index in [1.807, 2.05) is 6.07 Å². The first-order valence-electron chi connectivity index (χ1n) is 22.2. The molecule has 0 bridgehead atoms. The van der Waals surface area contributed by atoms with Crippen molar-refractivity contribution in [2.24, 2.45) is 0 Å². The molecule has 0 amide bonds. The minimum Gasteiger partial charge on any atom is -0.449 e. The summed E-state index contributed by atoms with van der Waals surface area (Å²) in [6.45, 7) is 0. The fourth-order valence-corrected chi connectivity index (χ4v) is 11.1. The van der Waals surface area contributed by atoms with Gasteiger partial charge in [-0.3, -0.25) is 0 Å². The lowest BCUT2D eigenvalue weighted by Crippen LogP contribution is -2.25. The van der Waals surface area contributed by atoms with E-state index in [0.717, 1.165) is 33.9 Å². The summed E-state index contributed by atoms with van der Waals surface area (Å²) in [4.78, 5) is 2.29. The molecule has 14 rings (SSSR count). The van der Waals surface area contributed by atoms with E-state index in [-0.39, 0.29) is 0 Å². The molecule has 0 N–H and O–H groups in total. The first kappa shape index (κ1) is 35.9. The second-order valence-corrected chi connectivity index (χ2v) is 17.2. The highest BCUT2D eigenvalue weighted by atomic mass is 16.6. The molecule has 0 atom stereocenters. The lowest BCUT2D eigenvalue weighted by atomic mass is 9.70. The number of nitrogens with zero attached hydrogens (tertiary/aromatic N) is 2. The summed E-state index contributed by atoms with van der Waals surface area (Å²) in [5.41, 5.74) is 18.4. The molecule has 65 heavy (non-hydrogen) atoms. The lowest BCUT2D eigenvalue weighted by molar-refractivity contribution is 0.359. The predicted molar refractivity (Wildman–Crippen MR) is 264 cm³/mol. The van der Waals surface area contributed by atoms with Crippen molar-refractivity contribution in [3.63, 3.8) is 0 Å². The van der Waals surface area contributed by atoms with Crippen LogP contribution in [0, 0.1) is 0 Å². The van der Waals surface area contributed by atoms with Gasteiger partial charge in [-0.1, -0.05) is 152 Å². The van der Waals surface area contributed by atoms with Crippen LogP contribution in [0.3, 0.4) is 0 Å². The largest absolute Gasteiger partial charge is 0.449 e. The molecule has 1 aromatic heterocycles. The number of ether oxygens (including phenoxy) is 2. The van der Waals surface area contributed by atoms with Crippen molar-refractivity contribution in [1.29, 1.82) is 0 Å². The van der Waals surface area contributed by atoms with Gasteiger partial charge in [0.05, 0.1) is 22.1 Å². The van der Waals surface area contributed by atoms with E-state index in [4.69, 9.17) is 9.47 Å². The highest BCUT2D eigenvalue weighted by Gasteiger charge is 2.52. The van der Waals surface area contributed by atoms with Crippen LogP contribution >= 0.6 is 0 Å². The maximum absolute atomic E-state index is 6.98. The molecule has 1 aliphatic heterocycles. The summed E-state index contributed by atoms with van der Waals surface area (Å²) < 4.78 is 16.1. The van der Waals surface area contributed by atoms with Crippen molar-refractivity contribution in [2.75, 3.05) is 4.90 Å². The zero-order chi connectivity index (χ0) is 42.6. The van der Waals surface area contributed by atoms with E-state index in [2.05, 4.69) is 234 Å². The average molecular weight is 831 g/mol. The zero-order valence-electron chi connectivity index (χ0n) is 35.2. The summed E-state index contributed by atoms with van der Waals surface area (Å²) in [6.07, 6.45) is 0. The molecule has 304 valence electrons. The number of hydrogen-bond donors (Lipinski definition) is 0. The van der Waals surface area contributed by atoms with Gasteiger partial charge in [-0.2, -0.15) is 0 Å². The van der Waals surface area contributed by atoms with Crippen LogP contribution in [-0.4, -0.2) is 4.57 Å². The molecule has 0 unspecified atom stereocenters. The molecule has 11 aromatic rings. The number of fused-ring (bicyclic) bond motifs is 15. The molecule has 0 saturated heterocycles. The summed E-state index contributed by atoms with van der Waals surface area (Å²) in [5.74, 6) is 2.78. The molecule has 3 aliphatic rings.